The number of benzene rings is 2. The van der Waals surface area contributed by atoms with Crippen molar-refractivity contribution in [2.45, 2.75) is 39.5 Å². The van der Waals surface area contributed by atoms with Crippen LogP contribution in [0, 0.1) is 5.92 Å². The Bertz CT molecular complexity index is 717. The van der Waals surface area contributed by atoms with Crippen molar-refractivity contribution >= 4 is 17.8 Å². The number of esters is 1. The summed E-state index contributed by atoms with van der Waals surface area (Å²) >= 11 is 0. The molecule has 2 rings (SSSR count). The second-order valence-electron chi connectivity index (χ2n) is 6.67. The Hall–Kier alpha value is -3.15. The van der Waals surface area contributed by atoms with E-state index in [2.05, 4.69) is 5.32 Å². The topological polar surface area (TPSA) is 81.7 Å². The number of ether oxygens (including phenoxy) is 2. The fourth-order valence-electron chi connectivity index (χ4n) is 2.50. The molecular formula is C22H25NO5. The minimum atomic E-state index is -0.994. The standard InChI is InChI=1S/C22H25NO5/c1-16(2)21(25)19(13-20(24)27-14-17-9-5-3-6-10-17)23-22(26)28-15-18-11-7-4-8-12-18/h3-12,16,19H,13-15H2,1-2H3,(H,23,26)/t19-/m1/s1. The van der Waals surface area contributed by atoms with Gasteiger partial charge in [-0.2, -0.15) is 0 Å². The van der Waals surface area contributed by atoms with Crippen molar-refractivity contribution in [2.24, 2.45) is 5.92 Å². The van der Waals surface area contributed by atoms with Crippen LogP contribution < -0.4 is 5.32 Å². The summed E-state index contributed by atoms with van der Waals surface area (Å²) in [6.07, 6.45) is -0.997. The lowest BCUT2D eigenvalue weighted by atomic mass is 9.99. The Morgan fingerprint density at radius 2 is 1.32 bits per heavy atom. The van der Waals surface area contributed by atoms with Crippen molar-refractivity contribution in [3.63, 3.8) is 0 Å². The second-order valence-corrected chi connectivity index (χ2v) is 6.67. The number of hydrogen-bond donors (Lipinski definition) is 1. The molecule has 2 aromatic rings. The fraction of sp³-hybridized carbons (Fsp3) is 0.318. The second kappa shape index (κ2) is 10.9. The highest BCUT2D eigenvalue weighted by molar-refractivity contribution is 5.92. The van der Waals surface area contributed by atoms with Gasteiger partial charge in [0.2, 0.25) is 0 Å². The molecule has 0 aliphatic rings. The smallest absolute Gasteiger partial charge is 0.408 e. The van der Waals surface area contributed by atoms with Crippen LogP contribution in [-0.2, 0) is 32.3 Å². The van der Waals surface area contributed by atoms with Crippen LogP contribution in [0.5, 0.6) is 0 Å². The van der Waals surface area contributed by atoms with Gasteiger partial charge in [-0.1, -0.05) is 74.5 Å². The Balaban J connectivity index is 1.88. The van der Waals surface area contributed by atoms with Gasteiger partial charge in [0, 0.05) is 5.92 Å². The summed E-state index contributed by atoms with van der Waals surface area (Å²) < 4.78 is 10.4. The number of rotatable bonds is 9. The van der Waals surface area contributed by atoms with Crippen LogP contribution in [-0.4, -0.2) is 23.9 Å². The highest BCUT2D eigenvalue weighted by Crippen LogP contribution is 2.08. The van der Waals surface area contributed by atoms with E-state index in [1.165, 1.54) is 0 Å². The Kier molecular flexibility index (Phi) is 8.21. The molecule has 28 heavy (non-hydrogen) atoms. The van der Waals surface area contributed by atoms with E-state index >= 15 is 0 Å². The zero-order valence-corrected chi connectivity index (χ0v) is 16.1. The number of ketones is 1. The van der Waals surface area contributed by atoms with E-state index in [1.54, 1.807) is 13.8 Å². The first-order chi connectivity index (χ1) is 13.5. The molecule has 0 heterocycles. The quantitative estimate of drug-likeness (QED) is 0.669. The normalized spacial score (nSPS) is 11.5. The van der Waals surface area contributed by atoms with Gasteiger partial charge in [0.25, 0.3) is 0 Å². The van der Waals surface area contributed by atoms with Crippen LogP contribution in [0.1, 0.15) is 31.4 Å². The van der Waals surface area contributed by atoms with Gasteiger partial charge >= 0.3 is 12.1 Å². The predicted molar refractivity (Wildman–Crippen MR) is 104 cm³/mol. The Labute approximate surface area is 164 Å². The number of hydrogen-bond acceptors (Lipinski definition) is 5. The van der Waals surface area contributed by atoms with Gasteiger partial charge in [-0.05, 0) is 11.1 Å². The lowest BCUT2D eigenvalue weighted by Gasteiger charge is -2.19. The molecule has 0 aliphatic heterocycles. The first kappa shape index (κ1) is 21.2. The number of amides is 1. The largest absolute Gasteiger partial charge is 0.461 e. The van der Waals surface area contributed by atoms with Crippen molar-refractivity contribution in [1.29, 1.82) is 0 Å². The third kappa shape index (κ3) is 7.23. The molecule has 0 aliphatic carbocycles. The van der Waals surface area contributed by atoms with Gasteiger partial charge < -0.3 is 14.8 Å². The zero-order chi connectivity index (χ0) is 20.4. The minimum Gasteiger partial charge on any atom is -0.461 e. The van der Waals surface area contributed by atoms with E-state index in [-0.39, 0.29) is 31.3 Å². The molecule has 6 nitrogen and oxygen atoms in total. The average molecular weight is 383 g/mol. The summed E-state index contributed by atoms with van der Waals surface area (Å²) in [6, 6.07) is 17.4. The maximum Gasteiger partial charge on any atom is 0.408 e. The predicted octanol–water partition coefficient (Wildman–Crippen LogP) is 3.64. The van der Waals surface area contributed by atoms with Gasteiger partial charge in [0.15, 0.2) is 5.78 Å². The lowest BCUT2D eigenvalue weighted by Crippen LogP contribution is -2.44. The molecule has 0 bridgehead atoms. The van der Waals surface area contributed by atoms with Crippen molar-refractivity contribution in [2.75, 3.05) is 0 Å². The molecule has 0 aromatic heterocycles. The van der Waals surface area contributed by atoms with Gasteiger partial charge in [-0.3, -0.25) is 9.59 Å². The van der Waals surface area contributed by atoms with Crippen LogP contribution in [0.4, 0.5) is 4.79 Å². The molecule has 148 valence electrons. The first-order valence-electron chi connectivity index (χ1n) is 9.16. The van der Waals surface area contributed by atoms with E-state index in [0.717, 1.165) is 11.1 Å². The highest BCUT2D eigenvalue weighted by Gasteiger charge is 2.27. The van der Waals surface area contributed by atoms with E-state index in [4.69, 9.17) is 9.47 Å². The number of alkyl carbamates (subject to hydrolysis) is 1. The molecule has 0 saturated heterocycles. The molecule has 0 saturated carbocycles. The molecule has 0 unspecified atom stereocenters. The third-order valence-corrected chi connectivity index (χ3v) is 4.03. The summed E-state index contributed by atoms with van der Waals surface area (Å²) in [7, 11) is 0. The van der Waals surface area contributed by atoms with Crippen LogP contribution in [0.3, 0.4) is 0 Å². The lowest BCUT2D eigenvalue weighted by molar-refractivity contribution is -0.147. The minimum absolute atomic E-state index is 0.0771. The van der Waals surface area contributed by atoms with Crippen molar-refractivity contribution in [3.05, 3.63) is 71.8 Å². The van der Waals surface area contributed by atoms with Crippen LogP contribution in [0.15, 0.2) is 60.7 Å². The zero-order valence-electron chi connectivity index (χ0n) is 16.1. The summed E-state index contributed by atoms with van der Waals surface area (Å²) in [5.74, 6) is -1.17. The van der Waals surface area contributed by atoms with Crippen LogP contribution >= 0.6 is 0 Å². The van der Waals surface area contributed by atoms with E-state index in [0.29, 0.717) is 0 Å². The van der Waals surface area contributed by atoms with Crippen molar-refractivity contribution in [3.8, 4) is 0 Å². The molecule has 0 fully saturated rings. The van der Waals surface area contributed by atoms with Crippen LogP contribution in [0.2, 0.25) is 0 Å². The fourth-order valence-corrected chi connectivity index (χ4v) is 2.50. The summed E-state index contributed by atoms with van der Waals surface area (Å²) in [5.41, 5.74) is 1.67. The van der Waals surface area contributed by atoms with Gasteiger partial charge in [-0.25, -0.2) is 4.79 Å². The summed E-state index contributed by atoms with van der Waals surface area (Å²) in [6.45, 7) is 3.61. The van der Waals surface area contributed by atoms with Crippen LogP contribution in [0.25, 0.3) is 0 Å². The number of nitrogens with one attached hydrogen (secondary N) is 1. The van der Waals surface area contributed by atoms with Crippen molar-refractivity contribution < 1.29 is 23.9 Å². The molecule has 2 aromatic carbocycles. The van der Waals surface area contributed by atoms with Gasteiger partial charge in [-0.15, -0.1) is 0 Å². The third-order valence-electron chi connectivity index (χ3n) is 4.03. The monoisotopic (exact) mass is 383 g/mol. The number of carbonyl (C=O) groups is 3. The highest BCUT2D eigenvalue weighted by atomic mass is 16.5. The van der Waals surface area contributed by atoms with Crippen molar-refractivity contribution in [1.82, 2.24) is 5.32 Å². The average Bonchev–Trinajstić information content (AvgIpc) is 2.71. The van der Waals surface area contributed by atoms with E-state index in [1.807, 2.05) is 60.7 Å². The first-order valence-corrected chi connectivity index (χ1v) is 9.16. The van der Waals surface area contributed by atoms with E-state index in [9.17, 15) is 14.4 Å². The summed E-state index contributed by atoms with van der Waals surface area (Å²) in [5, 5.41) is 2.49. The maximum absolute atomic E-state index is 12.4. The Morgan fingerprint density at radius 3 is 1.82 bits per heavy atom. The van der Waals surface area contributed by atoms with Gasteiger partial charge in [0.05, 0.1) is 6.42 Å². The maximum atomic E-state index is 12.4. The molecule has 6 heteroatoms. The van der Waals surface area contributed by atoms with E-state index < -0.39 is 18.1 Å². The molecule has 1 amide bonds. The molecule has 1 atom stereocenters. The number of Topliss-reactive ketones (excluding diaryl/α,β-unsaturated/α-hetero) is 1. The Morgan fingerprint density at radius 1 is 0.821 bits per heavy atom. The summed E-state index contributed by atoms with van der Waals surface area (Å²) in [4.78, 5) is 36.6. The molecule has 0 radical (unpaired) electrons. The van der Waals surface area contributed by atoms with Gasteiger partial charge in [0.1, 0.15) is 19.3 Å². The SMILES string of the molecule is CC(C)C(=O)[C@@H](CC(=O)OCc1ccccc1)NC(=O)OCc1ccccc1. The molecular weight excluding hydrogens is 358 g/mol. The molecule has 1 N–H and O–H groups in total. The number of carbonyl (C=O) groups excluding carboxylic acids is 3. The molecule has 0 spiro atoms.